The average molecular weight is 201 g/mol. The van der Waals surface area contributed by atoms with Crippen molar-refractivity contribution in [1.29, 1.82) is 0 Å². The van der Waals surface area contributed by atoms with Gasteiger partial charge in [-0.3, -0.25) is 4.79 Å². The van der Waals surface area contributed by atoms with Crippen LogP contribution in [0.5, 0.6) is 0 Å². The zero-order valence-corrected chi connectivity index (χ0v) is 8.64. The number of aryl methyl sites for hydroxylation is 2. The quantitative estimate of drug-likeness (QED) is 0.693. The molecule has 0 aliphatic carbocycles. The van der Waals surface area contributed by atoms with E-state index in [0.29, 0.717) is 5.56 Å². The van der Waals surface area contributed by atoms with Crippen molar-refractivity contribution in [3.05, 3.63) is 35.5 Å². The SMILES string of the molecule is Cc1cc(C=O)ccc1-c1cnnn1C. The summed E-state index contributed by atoms with van der Waals surface area (Å²) >= 11 is 0. The predicted octanol–water partition coefficient (Wildman–Crippen LogP) is 1.60. The third-order valence-corrected chi connectivity index (χ3v) is 2.38. The molecule has 1 heterocycles. The van der Waals surface area contributed by atoms with Gasteiger partial charge in [-0.2, -0.15) is 0 Å². The molecule has 15 heavy (non-hydrogen) atoms. The van der Waals surface area contributed by atoms with Crippen molar-refractivity contribution in [2.75, 3.05) is 0 Å². The Morgan fingerprint density at radius 2 is 2.20 bits per heavy atom. The van der Waals surface area contributed by atoms with Crippen LogP contribution in [0.25, 0.3) is 11.3 Å². The molecule has 0 unspecified atom stereocenters. The maximum absolute atomic E-state index is 10.6. The number of carbonyl (C=O) groups excluding carboxylic acids is 1. The fourth-order valence-corrected chi connectivity index (χ4v) is 1.58. The summed E-state index contributed by atoms with van der Waals surface area (Å²) in [7, 11) is 1.84. The first-order valence-corrected chi connectivity index (χ1v) is 4.63. The number of carbonyl (C=O) groups is 1. The molecule has 0 saturated carbocycles. The minimum absolute atomic E-state index is 0.686. The number of nitrogens with zero attached hydrogens (tertiary/aromatic N) is 3. The van der Waals surface area contributed by atoms with E-state index in [4.69, 9.17) is 0 Å². The van der Waals surface area contributed by atoms with Gasteiger partial charge in [-0.15, -0.1) is 5.10 Å². The molecule has 0 saturated heterocycles. The number of rotatable bonds is 2. The molecule has 0 aliphatic rings. The Balaban J connectivity index is 2.55. The highest BCUT2D eigenvalue weighted by atomic mass is 16.1. The van der Waals surface area contributed by atoms with Crippen molar-refractivity contribution in [1.82, 2.24) is 15.0 Å². The van der Waals surface area contributed by atoms with Gasteiger partial charge in [0.2, 0.25) is 0 Å². The van der Waals surface area contributed by atoms with Crippen molar-refractivity contribution >= 4 is 6.29 Å². The van der Waals surface area contributed by atoms with Gasteiger partial charge in [-0.1, -0.05) is 17.3 Å². The number of hydrogen-bond donors (Lipinski definition) is 0. The topological polar surface area (TPSA) is 47.8 Å². The molecular formula is C11H11N3O. The van der Waals surface area contributed by atoms with Crippen molar-refractivity contribution in [3.63, 3.8) is 0 Å². The molecule has 4 nitrogen and oxygen atoms in total. The Labute approximate surface area is 87.5 Å². The van der Waals surface area contributed by atoms with Gasteiger partial charge in [0.1, 0.15) is 6.29 Å². The van der Waals surface area contributed by atoms with Crippen LogP contribution in [0.2, 0.25) is 0 Å². The molecule has 0 fully saturated rings. The monoisotopic (exact) mass is 201 g/mol. The third-order valence-electron chi connectivity index (χ3n) is 2.38. The highest BCUT2D eigenvalue weighted by Crippen LogP contribution is 2.22. The Morgan fingerprint density at radius 3 is 2.73 bits per heavy atom. The van der Waals surface area contributed by atoms with Crippen LogP contribution >= 0.6 is 0 Å². The van der Waals surface area contributed by atoms with Crippen molar-refractivity contribution in [2.45, 2.75) is 6.92 Å². The lowest BCUT2D eigenvalue weighted by Gasteiger charge is -2.05. The van der Waals surface area contributed by atoms with Crippen LogP contribution in [0.4, 0.5) is 0 Å². The molecule has 0 radical (unpaired) electrons. The van der Waals surface area contributed by atoms with Crippen LogP contribution < -0.4 is 0 Å². The minimum atomic E-state index is 0.686. The molecular weight excluding hydrogens is 190 g/mol. The maximum Gasteiger partial charge on any atom is 0.150 e. The first-order valence-electron chi connectivity index (χ1n) is 4.63. The first-order chi connectivity index (χ1) is 7.22. The van der Waals surface area contributed by atoms with Gasteiger partial charge in [0.05, 0.1) is 11.9 Å². The Bertz CT molecular complexity index is 502. The van der Waals surface area contributed by atoms with Crippen molar-refractivity contribution in [2.24, 2.45) is 7.05 Å². The Hall–Kier alpha value is -1.97. The average Bonchev–Trinajstić information content (AvgIpc) is 2.64. The summed E-state index contributed by atoms with van der Waals surface area (Å²) in [5.74, 6) is 0. The summed E-state index contributed by atoms with van der Waals surface area (Å²) in [5.41, 5.74) is 3.73. The van der Waals surface area contributed by atoms with Crippen LogP contribution in [0.1, 0.15) is 15.9 Å². The van der Waals surface area contributed by atoms with Crippen LogP contribution in [0.3, 0.4) is 0 Å². The van der Waals surface area contributed by atoms with E-state index in [1.165, 1.54) is 0 Å². The number of aldehydes is 1. The van der Waals surface area contributed by atoms with Gasteiger partial charge < -0.3 is 0 Å². The number of hydrogen-bond acceptors (Lipinski definition) is 3. The summed E-state index contributed by atoms with van der Waals surface area (Å²) in [6.45, 7) is 1.97. The highest BCUT2D eigenvalue weighted by molar-refractivity contribution is 5.77. The van der Waals surface area contributed by atoms with E-state index in [1.54, 1.807) is 16.9 Å². The lowest BCUT2D eigenvalue weighted by atomic mass is 10.0. The summed E-state index contributed by atoms with van der Waals surface area (Å²) in [5, 5.41) is 7.70. The molecule has 0 aliphatic heterocycles. The zero-order valence-electron chi connectivity index (χ0n) is 8.64. The van der Waals surface area contributed by atoms with Gasteiger partial charge in [0.15, 0.2) is 0 Å². The molecule has 2 rings (SSSR count). The molecule has 0 bridgehead atoms. The molecule has 4 heteroatoms. The summed E-state index contributed by atoms with van der Waals surface area (Å²) in [4.78, 5) is 10.6. The predicted molar refractivity (Wildman–Crippen MR) is 56.6 cm³/mol. The molecule has 2 aromatic rings. The molecule has 76 valence electrons. The van der Waals surface area contributed by atoms with E-state index in [2.05, 4.69) is 10.3 Å². The van der Waals surface area contributed by atoms with Gasteiger partial charge in [-0.25, -0.2) is 4.68 Å². The lowest BCUT2D eigenvalue weighted by molar-refractivity contribution is 0.112. The lowest BCUT2D eigenvalue weighted by Crippen LogP contribution is -1.95. The van der Waals surface area contributed by atoms with Gasteiger partial charge in [0, 0.05) is 18.2 Å². The molecule has 0 spiro atoms. The largest absolute Gasteiger partial charge is 0.298 e. The molecule has 1 aromatic carbocycles. The van der Waals surface area contributed by atoms with Crippen LogP contribution in [-0.4, -0.2) is 21.3 Å². The van der Waals surface area contributed by atoms with Crippen molar-refractivity contribution in [3.8, 4) is 11.3 Å². The second-order valence-corrected chi connectivity index (χ2v) is 3.44. The number of benzene rings is 1. The summed E-state index contributed by atoms with van der Waals surface area (Å²) in [6, 6.07) is 5.56. The third kappa shape index (κ3) is 1.66. The zero-order chi connectivity index (χ0) is 10.8. The standard InChI is InChI=1S/C11H11N3O/c1-8-5-9(7-15)3-4-10(8)11-6-12-13-14(11)2/h3-7H,1-2H3. The second kappa shape index (κ2) is 3.65. The molecule has 0 N–H and O–H groups in total. The Kier molecular flexibility index (Phi) is 2.33. The normalized spacial score (nSPS) is 10.3. The van der Waals surface area contributed by atoms with Gasteiger partial charge >= 0.3 is 0 Å². The van der Waals surface area contributed by atoms with Gasteiger partial charge in [-0.05, 0) is 18.6 Å². The van der Waals surface area contributed by atoms with Crippen molar-refractivity contribution < 1.29 is 4.79 Å². The molecule has 0 amide bonds. The summed E-state index contributed by atoms with van der Waals surface area (Å²) < 4.78 is 1.71. The van der Waals surface area contributed by atoms with E-state index in [0.717, 1.165) is 23.1 Å². The van der Waals surface area contributed by atoms with Crippen LogP contribution in [0, 0.1) is 6.92 Å². The van der Waals surface area contributed by atoms with E-state index in [9.17, 15) is 4.79 Å². The summed E-state index contributed by atoms with van der Waals surface area (Å²) in [6.07, 6.45) is 2.56. The molecule has 0 atom stereocenters. The first kappa shape index (κ1) is 9.58. The van der Waals surface area contributed by atoms with E-state index in [1.807, 2.05) is 26.1 Å². The maximum atomic E-state index is 10.6. The van der Waals surface area contributed by atoms with E-state index < -0.39 is 0 Å². The van der Waals surface area contributed by atoms with E-state index in [-0.39, 0.29) is 0 Å². The Morgan fingerprint density at radius 1 is 1.40 bits per heavy atom. The highest BCUT2D eigenvalue weighted by Gasteiger charge is 2.06. The molecule has 1 aromatic heterocycles. The minimum Gasteiger partial charge on any atom is -0.298 e. The second-order valence-electron chi connectivity index (χ2n) is 3.44. The fraction of sp³-hybridized carbons (Fsp3) is 0.182. The smallest absolute Gasteiger partial charge is 0.150 e. The fourth-order valence-electron chi connectivity index (χ4n) is 1.58. The van der Waals surface area contributed by atoms with Crippen LogP contribution in [-0.2, 0) is 7.05 Å². The van der Waals surface area contributed by atoms with Crippen LogP contribution in [0.15, 0.2) is 24.4 Å². The van der Waals surface area contributed by atoms with E-state index >= 15 is 0 Å². The van der Waals surface area contributed by atoms with Gasteiger partial charge in [0.25, 0.3) is 0 Å². The number of aromatic nitrogens is 3.